The van der Waals surface area contributed by atoms with Crippen molar-refractivity contribution < 1.29 is 9.21 Å². The highest BCUT2D eigenvalue weighted by molar-refractivity contribution is 9.11. The summed E-state index contributed by atoms with van der Waals surface area (Å²) >= 11 is 5.04. The van der Waals surface area contributed by atoms with Crippen molar-refractivity contribution in [1.29, 1.82) is 0 Å². The van der Waals surface area contributed by atoms with Crippen LogP contribution in [0.2, 0.25) is 0 Å². The lowest BCUT2D eigenvalue weighted by molar-refractivity contribution is 0.0953. The van der Waals surface area contributed by atoms with Crippen LogP contribution in [0.4, 0.5) is 0 Å². The van der Waals surface area contributed by atoms with Crippen molar-refractivity contribution in [2.45, 2.75) is 13.1 Å². The second-order valence-electron chi connectivity index (χ2n) is 6.80. The van der Waals surface area contributed by atoms with Gasteiger partial charge in [-0.1, -0.05) is 0 Å². The van der Waals surface area contributed by atoms with Crippen LogP contribution in [0.25, 0.3) is 22.3 Å². The SMILES string of the molecule is O=C(NCc1ccc(Br)s1)c1cc(-c2cccnc2)nc2c1cnn2Cc1ccco1. The van der Waals surface area contributed by atoms with E-state index >= 15 is 0 Å². The molecule has 0 aliphatic rings. The zero-order valence-electron chi connectivity index (χ0n) is 16.2. The number of fused-ring (bicyclic) bond motifs is 1. The lowest BCUT2D eigenvalue weighted by atomic mass is 10.1. The van der Waals surface area contributed by atoms with E-state index in [1.165, 1.54) is 0 Å². The summed E-state index contributed by atoms with van der Waals surface area (Å²) in [6, 6.07) is 13.2. The topological polar surface area (TPSA) is 85.8 Å². The summed E-state index contributed by atoms with van der Waals surface area (Å²) in [4.78, 5) is 23.2. The van der Waals surface area contributed by atoms with Gasteiger partial charge in [0.15, 0.2) is 5.65 Å². The molecule has 0 saturated heterocycles. The van der Waals surface area contributed by atoms with Crippen molar-refractivity contribution in [3.05, 3.63) is 87.3 Å². The van der Waals surface area contributed by atoms with E-state index in [4.69, 9.17) is 9.40 Å². The molecule has 0 unspecified atom stereocenters. The Hall–Kier alpha value is -3.30. The van der Waals surface area contributed by atoms with E-state index < -0.39 is 0 Å². The molecule has 0 aliphatic carbocycles. The Bertz CT molecular complexity index is 1350. The second kappa shape index (κ2) is 8.44. The average molecular weight is 494 g/mol. The fourth-order valence-corrected chi connectivity index (χ4v) is 4.70. The molecule has 0 saturated carbocycles. The van der Waals surface area contributed by atoms with E-state index in [2.05, 4.69) is 31.3 Å². The monoisotopic (exact) mass is 493 g/mol. The molecule has 1 N–H and O–H groups in total. The molecule has 9 heteroatoms. The summed E-state index contributed by atoms with van der Waals surface area (Å²) in [5.41, 5.74) is 2.61. The molecule has 5 aromatic heterocycles. The molecule has 0 bridgehead atoms. The van der Waals surface area contributed by atoms with E-state index in [1.807, 2.05) is 36.4 Å². The summed E-state index contributed by atoms with van der Waals surface area (Å²) < 4.78 is 8.22. The molecule has 5 aromatic rings. The first-order valence-corrected chi connectivity index (χ1v) is 11.1. The maximum Gasteiger partial charge on any atom is 0.252 e. The lowest BCUT2D eigenvalue weighted by Crippen LogP contribution is -2.22. The number of furan rings is 1. The van der Waals surface area contributed by atoms with E-state index in [0.29, 0.717) is 35.4 Å². The van der Waals surface area contributed by atoms with Crippen molar-refractivity contribution in [1.82, 2.24) is 25.1 Å². The van der Waals surface area contributed by atoms with Gasteiger partial charge in [0.2, 0.25) is 0 Å². The Kier molecular flexibility index (Phi) is 5.35. The van der Waals surface area contributed by atoms with Crippen molar-refractivity contribution in [2.75, 3.05) is 0 Å². The van der Waals surface area contributed by atoms with Crippen molar-refractivity contribution in [2.24, 2.45) is 0 Å². The third kappa shape index (κ3) is 4.14. The van der Waals surface area contributed by atoms with Crippen LogP contribution in [-0.4, -0.2) is 25.7 Å². The summed E-state index contributed by atoms with van der Waals surface area (Å²) in [6.07, 6.45) is 6.73. The third-order valence-electron chi connectivity index (χ3n) is 4.75. The van der Waals surface area contributed by atoms with Crippen LogP contribution >= 0.6 is 27.3 Å². The summed E-state index contributed by atoms with van der Waals surface area (Å²) in [5, 5.41) is 8.15. The maximum atomic E-state index is 13.1. The van der Waals surface area contributed by atoms with E-state index in [1.54, 1.807) is 46.9 Å². The molecule has 5 rings (SSSR count). The zero-order chi connectivity index (χ0) is 21.2. The minimum atomic E-state index is -0.181. The molecule has 0 radical (unpaired) electrons. The third-order valence-corrected chi connectivity index (χ3v) is 6.37. The van der Waals surface area contributed by atoms with Crippen molar-refractivity contribution in [3.8, 4) is 11.3 Å². The number of carbonyl (C=O) groups excluding carboxylic acids is 1. The molecule has 7 nitrogen and oxygen atoms in total. The number of carbonyl (C=O) groups is 1. The fourth-order valence-electron chi connectivity index (χ4n) is 3.27. The Labute approximate surface area is 189 Å². The van der Waals surface area contributed by atoms with Gasteiger partial charge in [0.1, 0.15) is 12.3 Å². The van der Waals surface area contributed by atoms with Gasteiger partial charge in [-0.2, -0.15) is 5.10 Å². The molecule has 0 atom stereocenters. The van der Waals surface area contributed by atoms with Crippen molar-refractivity contribution in [3.63, 3.8) is 0 Å². The molecular formula is C22H16BrN5O2S. The molecule has 1 amide bonds. The van der Waals surface area contributed by atoms with Crippen LogP contribution in [0.1, 0.15) is 21.0 Å². The van der Waals surface area contributed by atoms with Gasteiger partial charge in [-0.25, -0.2) is 9.67 Å². The molecule has 0 aromatic carbocycles. The lowest BCUT2D eigenvalue weighted by Gasteiger charge is -2.09. The predicted octanol–water partition coefficient (Wildman–Crippen LogP) is 4.89. The highest BCUT2D eigenvalue weighted by Crippen LogP contribution is 2.26. The van der Waals surface area contributed by atoms with Gasteiger partial charge in [0, 0.05) is 22.8 Å². The molecule has 0 spiro atoms. The number of halogens is 1. The van der Waals surface area contributed by atoms with Crippen LogP contribution in [0, 0.1) is 0 Å². The Morgan fingerprint density at radius 2 is 2.13 bits per heavy atom. The van der Waals surface area contributed by atoms with Gasteiger partial charge in [0.05, 0.1) is 39.4 Å². The van der Waals surface area contributed by atoms with Crippen LogP contribution in [0.15, 0.2) is 75.5 Å². The number of nitrogens with one attached hydrogen (secondary N) is 1. The molecule has 5 heterocycles. The van der Waals surface area contributed by atoms with Crippen LogP contribution < -0.4 is 5.32 Å². The Balaban J connectivity index is 1.55. The highest BCUT2D eigenvalue weighted by Gasteiger charge is 2.18. The Morgan fingerprint density at radius 1 is 1.19 bits per heavy atom. The zero-order valence-corrected chi connectivity index (χ0v) is 18.6. The summed E-state index contributed by atoms with van der Waals surface area (Å²) in [6.45, 7) is 0.867. The first-order valence-electron chi connectivity index (χ1n) is 9.49. The number of hydrogen-bond donors (Lipinski definition) is 1. The van der Waals surface area contributed by atoms with Gasteiger partial charge in [-0.3, -0.25) is 9.78 Å². The van der Waals surface area contributed by atoms with Crippen LogP contribution in [-0.2, 0) is 13.1 Å². The highest BCUT2D eigenvalue weighted by atomic mass is 79.9. The summed E-state index contributed by atoms with van der Waals surface area (Å²) in [5.74, 6) is 0.576. The normalized spacial score (nSPS) is 11.1. The van der Waals surface area contributed by atoms with Gasteiger partial charge in [0.25, 0.3) is 5.91 Å². The largest absolute Gasteiger partial charge is 0.467 e. The van der Waals surface area contributed by atoms with Crippen LogP contribution in [0.5, 0.6) is 0 Å². The fraction of sp³-hybridized carbons (Fsp3) is 0.0909. The second-order valence-corrected chi connectivity index (χ2v) is 9.35. The molecule has 31 heavy (non-hydrogen) atoms. The van der Waals surface area contributed by atoms with E-state index in [0.717, 1.165) is 20.0 Å². The first kappa shape index (κ1) is 19.7. The van der Waals surface area contributed by atoms with E-state index in [9.17, 15) is 4.79 Å². The molecule has 0 aliphatic heterocycles. The first-order chi connectivity index (χ1) is 15.2. The number of thiophene rings is 1. The predicted molar refractivity (Wildman–Crippen MR) is 122 cm³/mol. The van der Waals surface area contributed by atoms with Gasteiger partial charge in [-0.15, -0.1) is 11.3 Å². The minimum absolute atomic E-state index is 0.181. The molecule has 0 fully saturated rings. The Morgan fingerprint density at radius 3 is 2.87 bits per heavy atom. The standard InChI is InChI=1S/C22H16BrN5O2S/c23-20-6-5-16(31-20)11-25-22(29)17-9-19(14-3-1-7-24-10-14)27-21-18(17)12-26-28(21)13-15-4-2-8-30-15/h1-10,12H,11,13H2,(H,25,29). The number of nitrogens with zero attached hydrogens (tertiary/aromatic N) is 4. The average Bonchev–Trinajstić information content (AvgIpc) is 3.54. The quantitative estimate of drug-likeness (QED) is 0.364. The number of hydrogen-bond acceptors (Lipinski definition) is 6. The number of amides is 1. The van der Waals surface area contributed by atoms with Gasteiger partial charge >= 0.3 is 0 Å². The minimum Gasteiger partial charge on any atom is -0.467 e. The molecular weight excluding hydrogens is 478 g/mol. The van der Waals surface area contributed by atoms with Crippen molar-refractivity contribution >= 4 is 44.2 Å². The summed E-state index contributed by atoms with van der Waals surface area (Å²) in [7, 11) is 0. The van der Waals surface area contributed by atoms with Crippen LogP contribution in [0.3, 0.4) is 0 Å². The van der Waals surface area contributed by atoms with E-state index in [-0.39, 0.29) is 5.91 Å². The van der Waals surface area contributed by atoms with Gasteiger partial charge in [-0.05, 0) is 58.4 Å². The smallest absolute Gasteiger partial charge is 0.252 e. The number of rotatable bonds is 6. The maximum absolute atomic E-state index is 13.1. The molecule has 154 valence electrons. The number of pyridine rings is 2. The van der Waals surface area contributed by atoms with Gasteiger partial charge < -0.3 is 9.73 Å². The number of aromatic nitrogens is 4.